The van der Waals surface area contributed by atoms with Gasteiger partial charge in [-0.05, 0) is 28.7 Å². The van der Waals surface area contributed by atoms with Crippen LogP contribution in [0.3, 0.4) is 0 Å². The third-order valence-electron chi connectivity index (χ3n) is 3.28. The van der Waals surface area contributed by atoms with Gasteiger partial charge in [-0.15, -0.1) is 0 Å². The van der Waals surface area contributed by atoms with Crippen LogP contribution in [-0.2, 0) is 9.53 Å². The molecule has 4 atom stereocenters. The Morgan fingerprint density at radius 3 is 2.70 bits per heavy atom. The van der Waals surface area contributed by atoms with Crippen LogP contribution in [0, 0.1) is 0 Å². The smallest absolute Gasteiger partial charge is 0.330 e. The molecule has 1 aliphatic heterocycles. The zero-order valence-electron chi connectivity index (χ0n) is 11.4. The quantitative estimate of drug-likeness (QED) is 0.204. The third-order valence-corrected chi connectivity index (χ3v) is 4.61. The lowest BCUT2D eigenvalue weighted by atomic mass is 10.1. The van der Waals surface area contributed by atoms with Crippen molar-refractivity contribution < 1.29 is 30.0 Å². The number of aliphatic hydroxyl groups is 3. The summed E-state index contributed by atoms with van der Waals surface area (Å²) < 4.78 is 4.24. The minimum atomic E-state index is -1.84. The number of H-pyrrole nitrogens is 1. The predicted molar refractivity (Wildman–Crippen MR) is 84.0 cm³/mol. The lowest BCUT2D eigenvalue weighted by Gasteiger charge is -2.23. The third kappa shape index (κ3) is 3.37. The summed E-state index contributed by atoms with van der Waals surface area (Å²) in [6, 6.07) is 0. The lowest BCUT2D eigenvalue weighted by molar-refractivity contribution is -0.131. The van der Waals surface area contributed by atoms with Gasteiger partial charge in [-0.2, -0.15) is 0 Å². The highest BCUT2D eigenvalue weighted by atomic mass is 127. The topological polar surface area (TPSA) is 162 Å². The van der Waals surface area contributed by atoms with Crippen molar-refractivity contribution in [2.45, 2.75) is 22.0 Å². The molecule has 1 aliphatic rings. The average molecular weight is 440 g/mol. The van der Waals surface area contributed by atoms with Gasteiger partial charge >= 0.3 is 11.7 Å². The van der Waals surface area contributed by atoms with E-state index in [1.165, 1.54) is 22.6 Å². The van der Waals surface area contributed by atoms with Crippen molar-refractivity contribution in [1.82, 2.24) is 9.55 Å². The first-order valence-electron chi connectivity index (χ1n) is 6.30. The van der Waals surface area contributed by atoms with Gasteiger partial charge in [0.05, 0.1) is 12.2 Å². The Morgan fingerprint density at radius 2 is 2.17 bits per heavy atom. The molecule has 23 heavy (non-hydrogen) atoms. The summed E-state index contributed by atoms with van der Waals surface area (Å²) in [6.07, 6.45) is -1.41. The van der Waals surface area contributed by atoms with Crippen LogP contribution in [0.5, 0.6) is 0 Å². The molecule has 0 amide bonds. The fourth-order valence-electron chi connectivity index (χ4n) is 2.09. The molecule has 1 fully saturated rings. The van der Waals surface area contributed by atoms with Gasteiger partial charge < -0.3 is 25.2 Å². The molecule has 0 aromatic carbocycles. The maximum Gasteiger partial charge on any atom is 0.330 e. The molecule has 2 rings (SSSR count). The van der Waals surface area contributed by atoms with E-state index in [0.717, 1.165) is 16.8 Å². The van der Waals surface area contributed by atoms with Crippen molar-refractivity contribution in [3.63, 3.8) is 0 Å². The van der Waals surface area contributed by atoms with E-state index in [2.05, 4.69) is 0 Å². The van der Waals surface area contributed by atoms with Gasteiger partial charge in [-0.1, -0.05) is 0 Å². The number of halogens is 1. The van der Waals surface area contributed by atoms with Crippen molar-refractivity contribution in [3.8, 4) is 0 Å². The van der Waals surface area contributed by atoms with E-state index in [0.29, 0.717) is 6.08 Å². The summed E-state index contributed by atoms with van der Waals surface area (Å²) >= 11 is 1.49. The van der Waals surface area contributed by atoms with E-state index in [4.69, 9.17) is 9.84 Å². The Balaban J connectivity index is 2.48. The molecule has 1 aromatic rings. The number of carboxylic acids is 1. The molecule has 2 heterocycles. The van der Waals surface area contributed by atoms with Gasteiger partial charge in [-0.3, -0.25) is 14.3 Å². The second kappa shape index (κ2) is 6.52. The minimum absolute atomic E-state index is 0.160. The lowest BCUT2D eigenvalue weighted by Crippen LogP contribution is -2.44. The molecule has 0 unspecified atom stereocenters. The number of carbonyl (C=O) groups is 1. The fraction of sp³-hybridized carbons (Fsp3) is 0.417. The van der Waals surface area contributed by atoms with Gasteiger partial charge in [0.1, 0.15) is 12.2 Å². The number of aliphatic hydroxyl groups excluding tert-OH is 2. The standard InChI is InChI=1S/C12H13IN2O8/c13-12(22)6(4-16)23-10(8(12)19)15-3-5(1-2-7(17)18)9(20)14-11(15)21/h1-3,6,8,10,16,19,22H,4H2,(H,17,18)(H,14,20,21)/t6-,8+,10-,12-/m1/s1. The van der Waals surface area contributed by atoms with Gasteiger partial charge in [0, 0.05) is 12.3 Å². The van der Waals surface area contributed by atoms with E-state index in [1.54, 1.807) is 0 Å². The monoisotopic (exact) mass is 440 g/mol. The van der Waals surface area contributed by atoms with Crippen LogP contribution >= 0.6 is 22.6 Å². The zero-order chi connectivity index (χ0) is 17.4. The molecule has 126 valence electrons. The first-order chi connectivity index (χ1) is 10.7. The number of aromatic amines is 1. The number of carboxylic acid groups (broad SMARTS) is 1. The molecule has 11 heteroatoms. The summed E-state index contributed by atoms with van der Waals surface area (Å²) in [5.74, 6) is -1.29. The van der Waals surface area contributed by atoms with Gasteiger partial charge in [0.25, 0.3) is 5.56 Å². The molecular weight excluding hydrogens is 427 g/mol. The van der Waals surface area contributed by atoms with Crippen molar-refractivity contribution >= 4 is 34.6 Å². The minimum Gasteiger partial charge on any atom is -0.478 e. The molecule has 10 nitrogen and oxygen atoms in total. The number of alkyl halides is 1. The molecule has 0 aliphatic carbocycles. The highest BCUT2D eigenvalue weighted by molar-refractivity contribution is 14.1. The van der Waals surface area contributed by atoms with E-state index in [-0.39, 0.29) is 5.56 Å². The number of hydrogen-bond acceptors (Lipinski definition) is 7. The first-order valence-corrected chi connectivity index (χ1v) is 7.38. The number of ether oxygens (including phenoxy) is 1. The molecule has 1 aromatic heterocycles. The second-order valence-corrected chi connectivity index (χ2v) is 6.52. The van der Waals surface area contributed by atoms with Crippen LogP contribution in [0.1, 0.15) is 11.8 Å². The van der Waals surface area contributed by atoms with Crippen molar-refractivity contribution in [2.75, 3.05) is 6.61 Å². The highest BCUT2D eigenvalue weighted by Gasteiger charge is 2.54. The number of aliphatic carboxylic acids is 1. The van der Waals surface area contributed by atoms with Crippen LogP contribution in [0.2, 0.25) is 0 Å². The van der Waals surface area contributed by atoms with Crippen molar-refractivity contribution in [1.29, 1.82) is 0 Å². The molecule has 0 spiro atoms. The van der Waals surface area contributed by atoms with Crippen molar-refractivity contribution in [3.05, 3.63) is 38.7 Å². The Bertz CT molecular complexity index is 752. The first kappa shape index (κ1) is 17.8. The molecule has 0 bridgehead atoms. The zero-order valence-corrected chi connectivity index (χ0v) is 13.6. The van der Waals surface area contributed by atoms with E-state index in [1.807, 2.05) is 4.98 Å². The van der Waals surface area contributed by atoms with Crippen LogP contribution in [0.15, 0.2) is 21.9 Å². The maximum atomic E-state index is 11.9. The number of hydrogen-bond donors (Lipinski definition) is 5. The van der Waals surface area contributed by atoms with E-state index in [9.17, 15) is 29.7 Å². The molecule has 1 saturated heterocycles. The van der Waals surface area contributed by atoms with Crippen molar-refractivity contribution in [2.24, 2.45) is 0 Å². The largest absolute Gasteiger partial charge is 0.478 e. The predicted octanol–water partition coefficient (Wildman–Crippen LogP) is -1.99. The second-order valence-electron chi connectivity index (χ2n) is 4.79. The summed E-state index contributed by atoms with van der Waals surface area (Å²) in [7, 11) is 0. The highest BCUT2D eigenvalue weighted by Crippen LogP contribution is 2.40. The van der Waals surface area contributed by atoms with E-state index < -0.39 is 45.9 Å². The Kier molecular flexibility index (Phi) is 5.05. The molecule has 0 radical (unpaired) electrons. The van der Waals surface area contributed by atoms with Crippen LogP contribution in [0.25, 0.3) is 6.08 Å². The fourth-order valence-corrected chi connectivity index (χ4v) is 2.74. The number of nitrogens with one attached hydrogen (secondary N) is 1. The van der Waals surface area contributed by atoms with E-state index >= 15 is 0 Å². The molecule has 0 saturated carbocycles. The van der Waals surface area contributed by atoms with Gasteiger partial charge in [0.15, 0.2) is 9.84 Å². The van der Waals surface area contributed by atoms with Crippen LogP contribution in [0.4, 0.5) is 0 Å². The Morgan fingerprint density at radius 1 is 1.52 bits per heavy atom. The summed E-state index contributed by atoms with van der Waals surface area (Å²) in [4.78, 5) is 36.0. The number of aromatic nitrogens is 2. The van der Waals surface area contributed by atoms with Gasteiger partial charge in [-0.25, -0.2) is 9.59 Å². The summed E-state index contributed by atoms with van der Waals surface area (Å²) in [5.41, 5.74) is -1.90. The Labute approximate surface area is 141 Å². The van der Waals surface area contributed by atoms with Gasteiger partial charge in [0.2, 0.25) is 0 Å². The summed E-state index contributed by atoms with van der Waals surface area (Å²) in [5, 5.41) is 38.0. The Hall–Kier alpha value is -1.54. The van der Waals surface area contributed by atoms with Crippen LogP contribution in [-0.4, -0.2) is 58.4 Å². The van der Waals surface area contributed by atoms with Crippen LogP contribution < -0.4 is 11.2 Å². The number of nitrogens with zero attached hydrogens (tertiary/aromatic N) is 1. The molecular formula is C12H13IN2O8. The number of rotatable bonds is 4. The average Bonchev–Trinajstić information content (AvgIpc) is 2.69. The summed E-state index contributed by atoms with van der Waals surface area (Å²) in [6.45, 7) is -0.600. The molecule has 5 N–H and O–H groups in total. The SMILES string of the molecule is O=C(O)C=Cc1cn([C@@H]2O[C@H](CO)[C@](O)(I)[C@H]2O)c(=O)[nH]c1=O. The maximum absolute atomic E-state index is 11.9. The normalized spacial score (nSPS) is 30.9.